The molecule has 1 aliphatic rings. The highest BCUT2D eigenvalue weighted by molar-refractivity contribution is 8.18. The second kappa shape index (κ2) is 7.94. The molecular formula is C21H17NO3S. The minimum Gasteiger partial charge on any atom is -0.489 e. The Morgan fingerprint density at radius 3 is 2.46 bits per heavy atom. The van der Waals surface area contributed by atoms with Crippen LogP contribution < -0.4 is 4.74 Å². The van der Waals surface area contributed by atoms with E-state index in [-0.39, 0.29) is 17.7 Å². The van der Waals surface area contributed by atoms with Gasteiger partial charge in [-0.25, -0.2) is 0 Å². The van der Waals surface area contributed by atoms with E-state index in [2.05, 4.69) is 18.1 Å². The third-order valence-corrected chi connectivity index (χ3v) is 4.73. The Kier molecular flexibility index (Phi) is 5.45. The van der Waals surface area contributed by atoms with Crippen LogP contribution in [0.2, 0.25) is 0 Å². The third-order valence-electron chi connectivity index (χ3n) is 3.83. The molecule has 0 unspecified atom stereocenters. The van der Waals surface area contributed by atoms with E-state index in [9.17, 15) is 9.59 Å². The molecule has 130 valence electrons. The Labute approximate surface area is 156 Å². The van der Waals surface area contributed by atoms with Crippen molar-refractivity contribution in [3.63, 3.8) is 0 Å². The first-order chi connectivity index (χ1) is 12.6. The highest BCUT2D eigenvalue weighted by Gasteiger charge is 2.34. The quantitative estimate of drug-likeness (QED) is 0.589. The first kappa shape index (κ1) is 17.8. The predicted octanol–water partition coefficient (Wildman–Crippen LogP) is 4.24. The molecule has 1 fully saturated rings. The van der Waals surface area contributed by atoms with Crippen LogP contribution in [-0.4, -0.2) is 22.6 Å². The number of carbonyl (C=O) groups is 2. The second-order valence-corrected chi connectivity index (χ2v) is 6.81. The molecule has 0 radical (unpaired) electrons. The summed E-state index contributed by atoms with van der Waals surface area (Å²) in [4.78, 5) is 25.4. The van der Waals surface area contributed by atoms with E-state index in [0.29, 0.717) is 11.5 Å². The molecule has 0 N–H and O–H groups in total. The lowest BCUT2D eigenvalue weighted by Crippen LogP contribution is -2.28. The summed E-state index contributed by atoms with van der Waals surface area (Å²) in [6, 6.07) is 15.5. The van der Waals surface area contributed by atoms with E-state index in [1.54, 1.807) is 6.08 Å². The fourth-order valence-corrected chi connectivity index (χ4v) is 3.23. The van der Waals surface area contributed by atoms with Gasteiger partial charge in [-0.2, -0.15) is 0 Å². The number of nitrogens with zero attached hydrogens (tertiary/aromatic N) is 1. The van der Waals surface area contributed by atoms with Crippen molar-refractivity contribution in [1.29, 1.82) is 0 Å². The molecule has 0 spiro atoms. The standard InChI is InChI=1S/C21H17NO3S/c1-3-12-22-20(23)19(26-21(22)24)13-16-8-10-18(11-9-16)25-14-17-6-4-15(2)5-7-17/h1,4-11,13H,12,14H2,2H3. The molecule has 0 bridgehead atoms. The first-order valence-corrected chi connectivity index (χ1v) is 8.86. The van der Waals surface area contributed by atoms with E-state index in [4.69, 9.17) is 11.2 Å². The molecule has 2 amide bonds. The zero-order valence-electron chi connectivity index (χ0n) is 14.3. The number of benzene rings is 2. The summed E-state index contributed by atoms with van der Waals surface area (Å²) < 4.78 is 5.77. The number of rotatable bonds is 5. The van der Waals surface area contributed by atoms with Crippen molar-refractivity contribution >= 4 is 29.0 Å². The van der Waals surface area contributed by atoms with Gasteiger partial charge in [0, 0.05) is 0 Å². The smallest absolute Gasteiger partial charge is 0.294 e. The zero-order valence-corrected chi connectivity index (χ0v) is 15.1. The Hall–Kier alpha value is -2.97. The van der Waals surface area contributed by atoms with Crippen LogP contribution in [0.5, 0.6) is 5.75 Å². The molecule has 0 aromatic heterocycles. The van der Waals surface area contributed by atoms with Crippen LogP contribution in [0.4, 0.5) is 4.79 Å². The number of hydrogen-bond acceptors (Lipinski definition) is 4. The van der Waals surface area contributed by atoms with Gasteiger partial charge in [-0.15, -0.1) is 6.42 Å². The lowest BCUT2D eigenvalue weighted by atomic mass is 10.1. The fraction of sp³-hybridized carbons (Fsp3) is 0.143. The molecule has 26 heavy (non-hydrogen) atoms. The van der Waals surface area contributed by atoms with Crippen molar-refractivity contribution in [3.05, 3.63) is 70.1 Å². The molecule has 1 aliphatic heterocycles. The molecule has 3 rings (SSSR count). The summed E-state index contributed by atoms with van der Waals surface area (Å²) in [6.45, 7) is 2.53. The van der Waals surface area contributed by atoms with E-state index >= 15 is 0 Å². The van der Waals surface area contributed by atoms with Gasteiger partial charge in [0.05, 0.1) is 11.4 Å². The number of ether oxygens (including phenoxy) is 1. The molecule has 0 atom stereocenters. The number of thioether (sulfide) groups is 1. The molecule has 1 heterocycles. The number of hydrogen-bond donors (Lipinski definition) is 0. The minimum absolute atomic E-state index is 0.00616. The average Bonchev–Trinajstić information content (AvgIpc) is 2.90. The van der Waals surface area contributed by atoms with Crippen LogP contribution in [-0.2, 0) is 11.4 Å². The third kappa shape index (κ3) is 4.16. The van der Waals surface area contributed by atoms with Gasteiger partial charge < -0.3 is 4.74 Å². The van der Waals surface area contributed by atoms with Crippen LogP contribution in [0.1, 0.15) is 16.7 Å². The molecule has 2 aromatic carbocycles. The molecule has 1 saturated heterocycles. The maximum absolute atomic E-state index is 12.2. The number of aryl methyl sites for hydroxylation is 1. The number of amides is 2. The van der Waals surface area contributed by atoms with Gasteiger partial charge in [0.15, 0.2) is 0 Å². The molecule has 2 aromatic rings. The summed E-state index contributed by atoms with van der Waals surface area (Å²) in [5.74, 6) is 2.71. The summed E-state index contributed by atoms with van der Waals surface area (Å²) in [5.41, 5.74) is 3.13. The monoisotopic (exact) mass is 363 g/mol. The Balaban J connectivity index is 1.64. The topological polar surface area (TPSA) is 46.6 Å². The maximum Gasteiger partial charge on any atom is 0.294 e. The van der Waals surface area contributed by atoms with Crippen molar-refractivity contribution in [3.8, 4) is 18.1 Å². The second-order valence-electron chi connectivity index (χ2n) is 5.82. The predicted molar refractivity (Wildman–Crippen MR) is 103 cm³/mol. The van der Waals surface area contributed by atoms with Gasteiger partial charge >= 0.3 is 0 Å². The van der Waals surface area contributed by atoms with Crippen LogP contribution in [0, 0.1) is 19.3 Å². The Morgan fingerprint density at radius 2 is 1.81 bits per heavy atom. The normalized spacial score (nSPS) is 15.4. The van der Waals surface area contributed by atoms with Crippen molar-refractivity contribution in [1.82, 2.24) is 4.90 Å². The van der Waals surface area contributed by atoms with Gasteiger partial charge in [-0.05, 0) is 48.0 Å². The van der Waals surface area contributed by atoms with Crippen molar-refractivity contribution in [2.75, 3.05) is 6.54 Å². The van der Waals surface area contributed by atoms with Crippen LogP contribution in [0.3, 0.4) is 0 Å². The number of imide groups is 1. The minimum atomic E-state index is -0.349. The molecule has 5 heteroatoms. The van der Waals surface area contributed by atoms with Crippen molar-refractivity contribution in [2.45, 2.75) is 13.5 Å². The van der Waals surface area contributed by atoms with Gasteiger partial charge in [0.25, 0.3) is 11.1 Å². The summed E-state index contributed by atoms with van der Waals surface area (Å²) >= 11 is 0.901. The largest absolute Gasteiger partial charge is 0.489 e. The van der Waals surface area contributed by atoms with Gasteiger partial charge in [0.2, 0.25) is 0 Å². The SMILES string of the molecule is C#CCN1C(=O)SC(=Cc2ccc(OCc3ccc(C)cc3)cc2)C1=O. The van der Waals surface area contributed by atoms with E-state index in [1.165, 1.54) is 5.56 Å². The lowest BCUT2D eigenvalue weighted by Gasteiger charge is -2.07. The highest BCUT2D eigenvalue weighted by Crippen LogP contribution is 2.32. The number of terminal acetylenes is 1. The van der Waals surface area contributed by atoms with Crippen molar-refractivity contribution in [2.24, 2.45) is 0 Å². The average molecular weight is 363 g/mol. The Morgan fingerprint density at radius 1 is 1.12 bits per heavy atom. The van der Waals surface area contributed by atoms with E-state index in [0.717, 1.165) is 33.5 Å². The molecular weight excluding hydrogens is 346 g/mol. The van der Waals surface area contributed by atoms with Gasteiger partial charge in [0.1, 0.15) is 12.4 Å². The Bertz CT molecular complexity index is 892. The van der Waals surface area contributed by atoms with Crippen LogP contribution in [0.15, 0.2) is 53.4 Å². The summed E-state index contributed by atoms with van der Waals surface area (Å²) in [6.07, 6.45) is 6.87. The zero-order chi connectivity index (χ0) is 18.5. The first-order valence-electron chi connectivity index (χ1n) is 8.04. The highest BCUT2D eigenvalue weighted by atomic mass is 32.2. The van der Waals surface area contributed by atoms with Gasteiger partial charge in [-0.3, -0.25) is 14.5 Å². The van der Waals surface area contributed by atoms with E-state index in [1.807, 2.05) is 43.3 Å². The van der Waals surface area contributed by atoms with E-state index < -0.39 is 0 Å². The molecule has 0 aliphatic carbocycles. The summed E-state index contributed by atoms with van der Waals surface area (Å²) in [5, 5.41) is -0.336. The van der Waals surface area contributed by atoms with Crippen LogP contribution >= 0.6 is 11.8 Å². The fourth-order valence-electron chi connectivity index (χ4n) is 2.39. The molecule has 0 saturated carbocycles. The molecule has 4 nitrogen and oxygen atoms in total. The summed E-state index contributed by atoms with van der Waals surface area (Å²) in [7, 11) is 0. The van der Waals surface area contributed by atoms with Crippen LogP contribution in [0.25, 0.3) is 6.08 Å². The lowest BCUT2D eigenvalue weighted by molar-refractivity contribution is -0.122. The van der Waals surface area contributed by atoms with Gasteiger partial charge in [-0.1, -0.05) is 47.9 Å². The van der Waals surface area contributed by atoms with Crippen molar-refractivity contribution < 1.29 is 14.3 Å². The number of carbonyl (C=O) groups excluding carboxylic acids is 2. The maximum atomic E-state index is 12.2.